The van der Waals surface area contributed by atoms with Crippen LogP contribution < -0.4 is 14.8 Å². The molecule has 1 heterocycles. The zero-order chi connectivity index (χ0) is 16.1. The third-order valence-electron chi connectivity index (χ3n) is 3.31. The summed E-state index contributed by atoms with van der Waals surface area (Å²) in [6.45, 7) is 7.86. The molecule has 7 heteroatoms. The number of carbonyl (C=O) groups is 1. The van der Waals surface area contributed by atoms with Crippen LogP contribution in [-0.4, -0.2) is 40.3 Å². The predicted molar refractivity (Wildman–Crippen MR) is 93.8 cm³/mol. The van der Waals surface area contributed by atoms with Gasteiger partial charge in [0.2, 0.25) is 12.7 Å². The van der Waals surface area contributed by atoms with Gasteiger partial charge in [0.25, 0.3) is 0 Å². The van der Waals surface area contributed by atoms with Crippen LogP contribution in [0.1, 0.15) is 20.8 Å². The van der Waals surface area contributed by atoms with Crippen LogP contribution in [0.2, 0.25) is 0 Å². The van der Waals surface area contributed by atoms with Crippen molar-refractivity contribution in [1.29, 1.82) is 0 Å². The van der Waals surface area contributed by atoms with Gasteiger partial charge < -0.3 is 19.7 Å². The van der Waals surface area contributed by atoms with Crippen LogP contribution in [0, 0.1) is 0 Å². The molecule has 0 saturated heterocycles. The lowest BCUT2D eigenvalue weighted by atomic mass is 10.2. The molecule has 0 spiro atoms. The fourth-order valence-corrected chi connectivity index (χ4v) is 3.55. The van der Waals surface area contributed by atoms with E-state index in [1.807, 2.05) is 20.8 Å². The number of fused-ring (bicyclic) bond motifs is 1. The minimum atomic E-state index is -0.265. The van der Waals surface area contributed by atoms with Gasteiger partial charge in [0.1, 0.15) is 4.32 Å². The first-order chi connectivity index (χ1) is 10.5. The summed E-state index contributed by atoms with van der Waals surface area (Å²) >= 11 is 6.77. The highest BCUT2D eigenvalue weighted by molar-refractivity contribution is 8.23. The number of nitrogens with zero attached hydrogens (tertiary/aromatic N) is 1. The monoisotopic (exact) mass is 340 g/mol. The molecule has 22 heavy (non-hydrogen) atoms. The van der Waals surface area contributed by atoms with Gasteiger partial charge in [0.05, 0.1) is 5.25 Å². The molecule has 1 aromatic carbocycles. The van der Waals surface area contributed by atoms with Crippen molar-refractivity contribution in [3.05, 3.63) is 18.2 Å². The lowest BCUT2D eigenvalue weighted by molar-refractivity contribution is -0.115. The summed E-state index contributed by atoms with van der Waals surface area (Å²) in [5.41, 5.74) is 0.690. The van der Waals surface area contributed by atoms with Gasteiger partial charge in [-0.3, -0.25) is 4.79 Å². The molecule has 0 saturated carbocycles. The summed E-state index contributed by atoms with van der Waals surface area (Å²) in [7, 11) is 0. The molecule has 0 radical (unpaired) electrons. The summed E-state index contributed by atoms with van der Waals surface area (Å²) < 4.78 is 11.3. The van der Waals surface area contributed by atoms with Crippen LogP contribution in [0.25, 0.3) is 0 Å². The molecule has 1 unspecified atom stereocenters. The Morgan fingerprint density at radius 3 is 2.73 bits per heavy atom. The van der Waals surface area contributed by atoms with Crippen LogP contribution in [0.4, 0.5) is 5.69 Å². The van der Waals surface area contributed by atoms with Crippen molar-refractivity contribution in [2.45, 2.75) is 26.0 Å². The van der Waals surface area contributed by atoms with Crippen molar-refractivity contribution >= 4 is 39.9 Å². The molecule has 1 amide bonds. The number of hydrogen-bond acceptors (Lipinski definition) is 5. The third-order valence-corrected chi connectivity index (χ3v) is 4.88. The summed E-state index contributed by atoms with van der Waals surface area (Å²) in [5, 5.41) is 2.61. The Balaban J connectivity index is 1.92. The van der Waals surface area contributed by atoms with E-state index in [-0.39, 0.29) is 18.0 Å². The first-order valence-electron chi connectivity index (χ1n) is 7.21. The van der Waals surface area contributed by atoms with E-state index in [0.29, 0.717) is 17.2 Å². The zero-order valence-electron chi connectivity index (χ0n) is 12.9. The molecule has 0 bridgehead atoms. The SMILES string of the molecule is CCN(CC)C(=S)SC(C)C(=O)Nc1ccc2c(c1)OCO2. The van der Waals surface area contributed by atoms with Crippen LogP contribution in [-0.2, 0) is 4.79 Å². The molecule has 1 aliphatic rings. The Morgan fingerprint density at radius 2 is 2.05 bits per heavy atom. The average molecular weight is 340 g/mol. The summed E-state index contributed by atoms with van der Waals surface area (Å²) in [6, 6.07) is 5.35. The fourth-order valence-electron chi connectivity index (χ4n) is 1.98. The lowest BCUT2D eigenvalue weighted by Crippen LogP contribution is -2.31. The van der Waals surface area contributed by atoms with E-state index in [9.17, 15) is 4.79 Å². The van der Waals surface area contributed by atoms with Gasteiger partial charge in [-0.25, -0.2) is 0 Å². The smallest absolute Gasteiger partial charge is 0.237 e. The first kappa shape index (κ1) is 16.9. The van der Waals surface area contributed by atoms with Gasteiger partial charge in [-0.15, -0.1) is 0 Å². The molecular weight excluding hydrogens is 320 g/mol. The molecule has 1 N–H and O–H groups in total. The highest BCUT2D eigenvalue weighted by Gasteiger charge is 2.19. The van der Waals surface area contributed by atoms with Gasteiger partial charge in [0, 0.05) is 24.8 Å². The average Bonchev–Trinajstić information content (AvgIpc) is 2.95. The van der Waals surface area contributed by atoms with E-state index >= 15 is 0 Å². The topological polar surface area (TPSA) is 50.8 Å². The largest absolute Gasteiger partial charge is 0.454 e. The quantitative estimate of drug-likeness (QED) is 0.831. The summed E-state index contributed by atoms with van der Waals surface area (Å²) in [4.78, 5) is 14.3. The minimum absolute atomic E-state index is 0.0848. The van der Waals surface area contributed by atoms with Crippen LogP contribution in [0.5, 0.6) is 11.5 Å². The van der Waals surface area contributed by atoms with Gasteiger partial charge in [-0.2, -0.15) is 0 Å². The molecule has 1 aliphatic heterocycles. The van der Waals surface area contributed by atoms with Crippen molar-refractivity contribution in [2.75, 3.05) is 25.2 Å². The van der Waals surface area contributed by atoms with Crippen molar-refractivity contribution in [3.8, 4) is 11.5 Å². The zero-order valence-corrected chi connectivity index (χ0v) is 14.6. The summed E-state index contributed by atoms with van der Waals surface area (Å²) in [5.74, 6) is 1.26. The number of hydrogen-bond donors (Lipinski definition) is 1. The second-order valence-electron chi connectivity index (χ2n) is 4.76. The highest BCUT2D eigenvalue weighted by Crippen LogP contribution is 2.34. The number of anilines is 1. The minimum Gasteiger partial charge on any atom is -0.454 e. The predicted octanol–water partition coefficient (Wildman–Crippen LogP) is 3.10. The van der Waals surface area contributed by atoms with Crippen molar-refractivity contribution in [1.82, 2.24) is 4.90 Å². The fraction of sp³-hybridized carbons (Fsp3) is 0.467. The number of rotatable bonds is 5. The van der Waals surface area contributed by atoms with Gasteiger partial charge in [0.15, 0.2) is 11.5 Å². The highest BCUT2D eigenvalue weighted by atomic mass is 32.2. The van der Waals surface area contributed by atoms with E-state index in [2.05, 4.69) is 10.2 Å². The lowest BCUT2D eigenvalue weighted by Gasteiger charge is -2.22. The standard InChI is InChI=1S/C15H20N2O3S2/c1-4-17(5-2)15(21)22-10(3)14(18)16-11-6-7-12-13(8-11)20-9-19-12/h6-8,10H,4-5,9H2,1-3H3,(H,16,18). The normalized spacial score (nSPS) is 13.6. The summed E-state index contributed by atoms with van der Waals surface area (Å²) in [6.07, 6.45) is 0. The Bertz CT molecular complexity index is 562. The van der Waals surface area contributed by atoms with Crippen molar-refractivity contribution in [3.63, 3.8) is 0 Å². The number of carbonyl (C=O) groups excluding carboxylic acids is 1. The third kappa shape index (κ3) is 4.04. The molecule has 5 nitrogen and oxygen atoms in total. The van der Waals surface area contributed by atoms with Crippen LogP contribution in [0.3, 0.4) is 0 Å². The molecule has 0 fully saturated rings. The maximum absolute atomic E-state index is 12.3. The number of amides is 1. The number of thioether (sulfide) groups is 1. The van der Waals surface area contributed by atoms with Crippen LogP contribution >= 0.6 is 24.0 Å². The van der Waals surface area contributed by atoms with Gasteiger partial charge >= 0.3 is 0 Å². The van der Waals surface area contributed by atoms with E-state index in [1.165, 1.54) is 11.8 Å². The molecule has 2 rings (SSSR count). The van der Waals surface area contributed by atoms with Crippen molar-refractivity contribution in [2.24, 2.45) is 0 Å². The maximum Gasteiger partial charge on any atom is 0.237 e. The van der Waals surface area contributed by atoms with Crippen molar-refractivity contribution < 1.29 is 14.3 Å². The Kier molecular flexibility index (Phi) is 5.90. The molecule has 0 aliphatic carbocycles. The number of ether oxygens (including phenoxy) is 2. The number of benzene rings is 1. The van der Waals surface area contributed by atoms with Gasteiger partial charge in [-0.05, 0) is 32.9 Å². The van der Waals surface area contributed by atoms with Crippen LogP contribution in [0.15, 0.2) is 18.2 Å². The molecule has 1 atom stereocenters. The van der Waals surface area contributed by atoms with E-state index < -0.39 is 0 Å². The molecule has 0 aromatic heterocycles. The number of thiocarbonyl (C=S) groups is 1. The second kappa shape index (κ2) is 7.69. The van der Waals surface area contributed by atoms with Gasteiger partial charge in [-0.1, -0.05) is 24.0 Å². The first-order valence-corrected chi connectivity index (χ1v) is 8.50. The Labute approximate surface area is 140 Å². The Morgan fingerprint density at radius 1 is 1.36 bits per heavy atom. The maximum atomic E-state index is 12.3. The van der Waals surface area contributed by atoms with E-state index in [0.717, 1.165) is 17.4 Å². The van der Waals surface area contributed by atoms with E-state index in [4.69, 9.17) is 21.7 Å². The molecule has 120 valence electrons. The molecule has 1 aromatic rings. The molecular formula is C15H20N2O3S2. The second-order valence-corrected chi connectivity index (χ2v) is 6.73. The Hall–Kier alpha value is -1.47. The number of nitrogens with one attached hydrogen (secondary N) is 1. The van der Waals surface area contributed by atoms with E-state index in [1.54, 1.807) is 18.2 Å².